The van der Waals surface area contributed by atoms with Crippen molar-refractivity contribution >= 4 is 29.3 Å². The van der Waals surface area contributed by atoms with Gasteiger partial charge in [0.15, 0.2) is 0 Å². The molecule has 0 aliphatic carbocycles. The van der Waals surface area contributed by atoms with Crippen LogP contribution in [0.2, 0.25) is 5.02 Å². The predicted molar refractivity (Wildman–Crippen MR) is 72.6 cm³/mol. The van der Waals surface area contributed by atoms with Crippen LogP contribution in [0.25, 0.3) is 6.08 Å². The number of amides is 1. The van der Waals surface area contributed by atoms with Gasteiger partial charge in [0.1, 0.15) is 11.5 Å². The lowest BCUT2D eigenvalue weighted by Gasteiger charge is -2.01. The summed E-state index contributed by atoms with van der Waals surface area (Å²) in [4.78, 5) is 11.6. The number of hydrogen-bond donors (Lipinski definition) is 1. The molecule has 0 spiro atoms. The minimum atomic E-state index is -0.230. The second-order valence-electron chi connectivity index (χ2n) is 3.78. The number of benzene rings is 1. The van der Waals surface area contributed by atoms with Gasteiger partial charge in [-0.1, -0.05) is 17.7 Å². The normalized spacial score (nSPS) is 10.8. The van der Waals surface area contributed by atoms with Crippen molar-refractivity contribution in [2.45, 2.75) is 6.92 Å². The zero-order valence-electron chi connectivity index (χ0n) is 9.81. The first-order chi connectivity index (χ1) is 8.63. The molecule has 3 nitrogen and oxygen atoms in total. The van der Waals surface area contributed by atoms with Crippen molar-refractivity contribution in [1.29, 1.82) is 0 Å². The number of carbonyl (C=O) groups is 1. The minimum absolute atomic E-state index is 0.230. The fourth-order valence-corrected chi connectivity index (χ4v) is 1.64. The maximum atomic E-state index is 11.6. The molecule has 0 saturated carbocycles. The zero-order valence-corrected chi connectivity index (χ0v) is 10.6. The van der Waals surface area contributed by atoms with E-state index in [0.29, 0.717) is 16.5 Å². The lowest BCUT2D eigenvalue weighted by molar-refractivity contribution is -0.111. The van der Waals surface area contributed by atoms with Gasteiger partial charge in [-0.15, -0.1) is 0 Å². The lowest BCUT2D eigenvalue weighted by atomic mass is 10.3. The van der Waals surface area contributed by atoms with Gasteiger partial charge in [0.25, 0.3) is 0 Å². The average Bonchev–Trinajstić information content (AvgIpc) is 2.73. The van der Waals surface area contributed by atoms with Crippen molar-refractivity contribution in [1.82, 2.24) is 0 Å². The Bertz CT molecular complexity index is 587. The molecule has 18 heavy (non-hydrogen) atoms. The van der Waals surface area contributed by atoms with Crippen molar-refractivity contribution < 1.29 is 9.21 Å². The Morgan fingerprint density at radius 2 is 2.17 bits per heavy atom. The van der Waals surface area contributed by atoms with E-state index >= 15 is 0 Å². The maximum absolute atomic E-state index is 11.6. The highest BCUT2D eigenvalue weighted by molar-refractivity contribution is 6.30. The molecule has 0 fully saturated rings. The lowest BCUT2D eigenvalue weighted by Crippen LogP contribution is -2.07. The van der Waals surface area contributed by atoms with Crippen LogP contribution in [0.4, 0.5) is 5.69 Å². The van der Waals surface area contributed by atoms with Crippen molar-refractivity contribution in [2.24, 2.45) is 0 Å². The smallest absolute Gasteiger partial charge is 0.248 e. The number of rotatable bonds is 3. The summed E-state index contributed by atoms with van der Waals surface area (Å²) in [6, 6.07) is 10.6. The second kappa shape index (κ2) is 5.56. The third-order valence-electron chi connectivity index (χ3n) is 2.25. The van der Waals surface area contributed by atoms with Crippen LogP contribution in [-0.2, 0) is 4.79 Å². The van der Waals surface area contributed by atoms with Crippen LogP contribution in [0, 0.1) is 6.92 Å². The molecule has 92 valence electrons. The second-order valence-corrected chi connectivity index (χ2v) is 4.22. The Morgan fingerprint density at radius 3 is 2.83 bits per heavy atom. The number of furan rings is 1. The first-order valence-electron chi connectivity index (χ1n) is 5.44. The fourth-order valence-electron chi connectivity index (χ4n) is 1.45. The fraction of sp³-hybridized carbons (Fsp3) is 0.0714. The summed E-state index contributed by atoms with van der Waals surface area (Å²) in [5, 5.41) is 3.29. The maximum Gasteiger partial charge on any atom is 0.248 e. The van der Waals surface area contributed by atoms with Gasteiger partial charge in [0.05, 0.1) is 0 Å². The van der Waals surface area contributed by atoms with Gasteiger partial charge in [-0.3, -0.25) is 4.79 Å². The largest absolute Gasteiger partial charge is 0.462 e. The van der Waals surface area contributed by atoms with Crippen LogP contribution in [0.1, 0.15) is 11.5 Å². The van der Waals surface area contributed by atoms with E-state index in [0.717, 1.165) is 5.76 Å². The molecule has 0 aliphatic rings. The van der Waals surface area contributed by atoms with Gasteiger partial charge in [0, 0.05) is 16.8 Å². The molecule has 1 N–H and O–H groups in total. The molecule has 1 aromatic carbocycles. The number of halogens is 1. The molecule has 0 radical (unpaired) electrons. The van der Waals surface area contributed by atoms with E-state index in [9.17, 15) is 4.79 Å². The zero-order chi connectivity index (χ0) is 13.0. The Hall–Kier alpha value is -2.00. The molecular formula is C14H12ClNO2. The van der Waals surface area contributed by atoms with E-state index in [2.05, 4.69) is 5.32 Å². The van der Waals surface area contributed by atoms with Crippen LogP contribution in [0.15, 0.2) is 46.9 Å². The number of hydrogen-bond acceptors (Lipinski definition) is 2. The topological polar surface area (TPSA) is 42.2 Å². The number of anilines is 1. The molecule has 2 rings (SSSR count). The monoisotopic (exact) mass is 261 g/mol. The Morgan fingerprint density at radius 1 is 1.33 bits per heavy atom. The summed E-state index contributed by atoms with van der Waals surface area (Å²) >= 11 is 5.82. The van der Waals surface area contributed by atoms with Crippen LogP contribution < -0.4 is 5.32 Å². The SMILES string of the molecule is Cc1ccc(C=CC(=O)Nc2cccc(Cl)c2)o1. The number of carbonyl (C=O) groups excluding carboxylic acids is 1. The van der Waals surface area contributed by atoms with E-state index in [1.54, 1.807) is 36.4 Å². The van der Waals surface area contributed by atoms with Crippen LogP contribution >= 0.6 is 11.6 Å². The third-order valence-corrected chi connectivity index (χ3v) is 2.49. The summed E-state index contributed by atoms with van der Waals surface area (Å²) in [5.74, 6) is 1.23. The van der Waals surface area contributed by atoms with Gasteiger partial charge in [-0.05, 0) is 43.3 Å². The standard InChI is InChI=1S/C14H12ClNO2/c1-10-5-6-13(18-10)7-8-14(17)16-12-4-2-3-11(15)9-12/h2-9H,1H3,(H,16,17). The minimum Gasteiger partial charge on any atom is -0.462 e. The molecule has 0 saturated heterocycles. The van der Waals surface area contributed by atoms with Crippen LogP contribution in [0.5, 0.6) is 0 Å². The van der Waals surface area contributed by atoms with Crippen molar-refractivity contribution in [3.05, 3.63) is 59.0 Å². The third kappa shape index (κ3) is 3.50. The molecule has 0 bridgehead atoms. The molecule has 0 aliphatic heterocycles. The van der Waals surface area contributed by atoms with E-state index in [4.69, 9.17) is 16.0 Å². The molecule has 0 unspecified atom stereocenters. The highest BCUT2D eigenvalue weighted by atomic mass is 35.5. The summed E-state index contributed by atoms with van der Waals surface area (Å²) in [6.07, 6.45) is 3.03. The van der Waals surface area contributed by atoms with E-state index < -0.39 is 0 Å². The molecule has 1 aromatic heterocycles. The Balaban J connectivity index is 1.98. The van der Waals surface area contributed by atoms with E-state index in [1.165, 1.54) is 6.08 Å². The van der Waals surface area contributed by atoms with Gasteiger partial charge >= 0.3 is 0 Å². The van der Waals surface area contributed by atoms with Gasteiger partial charge in [0.2, 0.25) is 5.91 Å². The summed E-state index contributed by atoms with van der Waals surface area (Å²) < 4.78 is 5.32. The van der Waals surface area contributed by atoms with Crippen LogP contribution in [0.3, 0.4) is 0 Å². The van der Waals surface area contributed by atoms with E-state index in [1.807, 2.05) is 13.0 Å². The Labute approximate surface area is 110 Å². The highest BCUT2D eigenvalue weighted by Crippen LogP contribution is 2.15. The first kappa shape index (κ1) is 12.5. The molecule has 4 heteroatoms. The van der Waals surface area contributed by atoms with E-state index in [-0.39, 0.29) is 5.91 Å². The van der Waals surface area contributed by atoms with Gasteiger partial charge in [-0.2, -0.15) is 0 Å². The highest BCUT2D eigenvalue weighted by Gasteiger charge is 1.99. The first-order valence-corrected chi connectivity index (χ1v) is 5.82. The predicted octanol–water partition coefficient (Wildman–Crippen LogP) is 3.89. The quantitative estimate of drug-likeness (QED) is 0.852. The number of nitrogens with one attached hydrogen (secondary N) is 1. The van der Waals surface area contributed by atoms with Crippen molar-refractivity contribution in [3.63, 3.8) is 0 Å². The molecular weight excluding hydrogens is 250 g/mol. The summed E-state index contributed by atoms with van der Waals surface area (Å²) in [6.45, 7) is 1.85. The van der Waals surface area contributed by atoms with Gasteiger partial charge in [-0.25, -0.2) is 0 Å². The van der Waals surface area contributed by atoms with Crippen molar-refractivity contribution in [2.75, 3.05) is 5.32 Å². The average molecular weight is 262 g/mol. The molecule has 1 heterocycles. The molecule has 0 atom stereocenters. The Kier molecular flexibility index (Phi) is 3.85. The van der Waals surface area contributed by atoms with Crippen molar-refractivity contribution in [3.8, 4) is 0 Å². The molecule has 2 aromatic rings. The van der Waals surface area contributed by atoms with Crippen LogP contribution in [-0.4, -0.2) is 5.91 Å². The number of aryl methyl sites for hydroxylation is 1. The summed E-state index contributed by atoms with van der Waals surface area (Å²) in [5.41, 5.74) is 0.660. The van der Waals surface area contributed by atoms with Gasteiger partial charge < -0.3 is 9.73 Å². The summed E-state index contributed by atoms with van der Waals surface area (Å²) in [7, 11) is 0. The molecule has 1 amide bonds.